The Hall–Kier alpha value is -0.520. The Kier molecular flexibility index (Phi) is 2.11. The van der Waals surface area contributed by atoms with E-state index in [1.807, 2.05) is 0 Å². The fraction of sp³-hybridized carbons (Fsp3) is 0.636. The number of allylic oxidation sites excluding steroid dienone is 4. The molecule has 0 saturated carbocycles. The van der Waals surface area contributed by atoms with E-state index in [2.05, 4.69) is 24.3 Å². The second-order valence-corrected chi connectivity index (χ2v) is 3.77. The van der Waals surface area contributed by atoms with Crippen molar-refractivity contribution < 1.29 is 0 Å². The molecule has 60 valence electrons. The van der Waals surface area contributed by atoms with Gasteiger partial charge in [-0.15, -0.1) is 0 Å². The highest BCUT2D eigenvalue weighted by atomic mass is 14.2. The van der Waals surface area contributed by atoms with Crippen molar-refractivity contribution in [2.45, 2.75) is 32.1 Å². The average molecular weight is 148 g/mol. The molecule has 0 nitrogen and oxygen atoms in total. The molecule has 2 atom stereocenters. The molecule has 0 aromatic carbocycles. The van der Waals surface area contributed by atoms with Crippen molar-refractivity contribution >= 4 is 0 Å². The Morgan fingerprint density at radius 3 is 1.82 bits per heavy atom. The summed E-state index contributed by atoms with van der Waals surface area (Å²) < 4.78 is 0. The predicted molar refractivity (Wildman–Crippen MR) is 48.3 cm³/mol. The molecule has 2 aliphatic carbocycles. The largest absolute Gasteiger partial charge is 0.0882 e. The first-order valence-electron chi connectivity index (χ1n) is 4.78. The SMILES string of the molecule is C1=C[C@@H](C[C@H]2C=CCC2)CC1. The van der Waals surface area contributed by atoms with Gasteiger partial charge in [-0.25, -0.2) is 0 Å². The average Bonchev–Trinajstić information content (AvgIpc) is 2.60. The van der Waals surface area contributed by atoms with Crippen molar-refractivity contribution in [3.63, 3.8) is 0 Å². The summed E-state index contributed by atoms with van der Waals surface area (Å²) in [6, 6.07) is 0. The first-order valence-corrected chi connectivity index (χ1v) is 4.78. The van der Waals surface area contributed by atoms with Gasteiger partial charge in [0.25, 0.3) is 0 Å². The van der Waals surface area contributed by atoms with Gasteiger partial charge < -0.3 is 0 Å². The third kappa shape index (κ3) is 1.74. The lowest BCUT2D eigenvalue weighted by Gasteiger charge is -2.11. The van der Waals surface area contributed by atoms with Crippen LogP contribution in [0.25, 0.3) is 0 Å². The highest BCUT2D eigenvalue weighted by Gasteiger charge is 2.16. The molecule has 0 aromatic heterocycles. The quantitative estimate of drug-likeness (QED) is 0.527. The van der Waals surface area contributed by atoms with Crippen molar-refractivity contribution in [3.8, 4) is 0 Å². The van der Waals surface area contributed by atoms with E-state index in [1.54, 1.807) is 0 Å². The Morgan fingerprint density at radius 1 is 0.909 bits per heavy atom. The zero-order valence-corrected chi connectivity index (χ0v) is 7.00. The third-order valence-corrected chi connectivity index (χ3v) is 2.83. The zero-order valence-electron chi connectivity index (χ0n) is 7.00. The van der Waals surface area contributed by atoms with Crippen LogP contribution in [0.1, 0.15) is 32.1 Å². The van der Waals surface area contributed by atoms with Gasteiger partial charge in [0.05, 0.1) is 0 Å². The molecule has 0 aromatic rings. The van der Waals surface area contributed by atoms with Gasteiger partial charge in [-0.3, -0.25) is 0 Å². The normalized spacial score (nSPS) is 35.3. The molecule has 0 spiro atoms. The molecule has 0 N–H and O–H groups in total. The summed E-state index contributed by atoms with van der Waals surface area (Å²) in [4.78, 5) is 0. The highest BCUT2D eigenvalue weighted by Crippen LogP contribution is 2.29. The second kappa shape index (κ2) is 3.25. The lowest BCUT2D eigenvalue weighted by atomic mass is 9.94. The summed E-state index contributed by atoms with van der Waals surface area (Å²) in [6.07, 6.45) is 16.4. The monoisotopic (exact) mass is 148 g/mol. The third-order valence-electron chi connectivity index (χ3n) is 2.83. The minimum Gasteiger partial charge on any atom is -0.0882 e. The maximum absolute atomic E-state index is 2.41. The van der Waals surface area contributed by atoms with Crippen molar-refractivity contribution in [1.82, 2.24) is 0 Å². The van der Waals surface area contributed by atoms with Crippen molar-refractivity contribution in [1.29, 1.82) is 0 Å². The Labute approximate surface area is 69.0 Å². The standard InChI is InChI=1S/C11H16/c1-2-6-10(5-1)9-11-7-3-4-8-11/h1,3,5,7,10-11H,2,4,6,8-9H2/t10-,11+. The summed E-state index contributed by atoms with van der Waals surface area (Å²) in [5, 5.41) is 0. The molecule has 2 aliphatic rings. The molecule has 0 radical (unpaired) electrons. The van der Waals surface area contributed by atoms with E-state index < -0.39 is 0 Å². The van der Waals surface area contributed by atoms with E-state index >= 15 is 0 Å². The number of hydrogen-bond donors (Lipinski definition) is 0. The maximum atomic E-state index is 2.41. The van der Waals surface area contributed by atoms with E-state index in [9.17, 15) is 0 Å². The van der Waals surface area contributed by atoms with E-state index in [1.165, 1.54) is 32.1 Å². The van der Waals surface area contributed by atoms with Gasteiger partial charge in [0.1, 0.15) is 0 Å². The molecule has 2 rings (SSSR count). The van der Waals surface area contributed by atoms with Crippen LogP contribution in [-0.2, 0) is 0 Å². The molecular weight excluding hydrogens is 132 g/mol. The Balaban J connectivity index is 1.80. The molecule has 0 bridgehead atoms. The van der Waals surface area contributed by atoms with Gasteiger partial charge in [-0.05, 0) is 43.9 Å². The molecular formula is C11H16. The number of rotatable bonds is 2. The van der Waals surface area contributed by atoms with Crippen LogP contribution in [0.3, 0.4) is 0 Å². The summed E-state index contributed by atoms with van der Waals surface area (Å²) in [5.74, 6) is 1.81. The zero-order chi connectivity index (χ0) is 7.52. The van der Waals surface area contributed by atoms with Gasteiger partial charge in [0.2, 0.25) is 0 Å². The van der Waals surface area contributed by atoms with Gasteiger partial charge in [-0.1, -0.05) is 24.3 Å². The molecule has 0 saturated heterocycles. The molecule has 0 aliphatic heterocycles. The van der Waals surface area contributed by atoms with Crippen LogP contribution in [0.15, 0.2) is 24.3 Å². The fourth-order valence-corrected chi connectivity index (χ4v) is 2.17. The smallest absolute Gasteiger partial charge is 0.0225 e. The van der Waals surface area contributed by atoms with Crippen molar-refractivity contribution in [2.24, 2.45) is 11.8 Å². The summed E-state index contributed by atoms with van der Waals surface area (Å²) in [5.41, 5.74) is 0. The fourth-order valence-electron chi connectivity index (χ4n) is 2.17. The van der Waals surface area contributed by atoms with E-state index in [0.717, 1.165) is 11.8 Å². The minimum atomic E-state index is 0.905. The van der Waals surface area contributed by atoms with Crippen molar-refractivity contribution in [3.05, 3.63) is 24.3 Å². The second-order valence-electron chi connectivity index (χ2n) is 3.77. The van der Waals surface area contributed by atoms with Crippen LogP contribution >= 0.6 is 0 Å². The molecule has 0 unspecified atom stereocenters. The van der Waals surface area contributed by atoms with Crippen molar-refractivity contribution in [2.75, 3.05) is 0 Å². The lowest BCUT2D eigenvalue weighted by molar-refractivity contribution is 0.470. The molecule has 11 heavy (non-hydrogen) atoms. The van der Waals surface area contributed by atoms with Crippen LogP contribution in [0, 0.1) is 11.8 Å². The van der Waals surface area contributed by atoms with Gasteiger partial charge in [0.15, 0.2) is 0 Å². The van der Waals surface area contributed by atoms with E-state index in [0.29, 0.717) is 0 Å². The highest BCUT2D eigenvalue weighted by molar-refractivity contribution is 5.02. The molecule has 0 fully saturated rings. The van der Waals surface area contributed by atoms with Gasteiger partial charge in [-0.2, -0.15) is 0 Å². The van der Waals surface area contributed by atoms with Crippen LogP contribution < -0.4 is 0 Å². The van der Waals surface area contributed by atoms with Crippen LogP contribution in [0.2, 0.25) is 0 Å². The van der Waals surface area contributed by atoms with E-state index in [4.69, 9.17) is 0 Å². The first kappa shape index (κ1) is 7.15. The van der Waals surface area contributed by atoms with Crippen LogP contribution in [0.4, 0.5) is 0 Å². The van der Waals surface area contributed by atoms with Gasteiger partial charge >= 0.3 is 0 Å². The topological polar surface area (TPSA) is 0 Å². The molecule has 0 heterocycles. The summed E-state index contributed by atoms with van der Waals surface area (Å²) in [6.45, 7) is 0. The van der Waals surface area contributed by atoms with Crippen LogP contribution in [0.5, 0.6) is 0 Å². The minimum absolute atomic E-state index is 0.905. The maximum Gasteiger partial charge on any atom is -0.0225 e. The lowest BCUT2D eigenvalue weighted by Crippen LogP contribution is -2.00. The molecule has 0 amide bonds. The summed E-state index contributed by atoms with van der Waals surface area (Å²) >= 11 is 0. The summed E-state index contributed by atoms with van der Waals surface area (Å²) in [7, 11) is 0. The Morgan fingerprint density at radius 2 is 1.45 bits per heavy atom. The first-order chi connectivity index (χ1) is 5.45. The van der Waals surface area contributed by atoms with E-state index in [-0.39, 0.29) is 0 Å². The molecule has 0 heteroatoms. The number of hydrogen-bond acceptors (Lipinski definition) is 0. The predicted octanol–water partition coefficient (Wildman–Crippen LogP) is 3.31. The Bertz CT molecular complexity index is 156. The van der Waals surface area contributed by atoms with Gasteiger partial charge in [0, 0.05) is 0 Å². The van der Waals surface area contributed by atoms with Crippen LogP contribution in [-0.4, -0.2) is 0 Å².